The lowest BCUT2D eigenvalue weighted by Gasteiger charge is -2.25. The Morgan fingerprint density at radius 3 is 2.57 bits per heavy atom. The molecule has 1 aliphatic rings. The van der Waals surface area contributed by atoms with Gasteiger partial charge in [0.05, 0.1) is 18.8 Å². The normalized spacial score (nSPS) is 15.5. The van der Waals surface area contributed by atoms with Crippen LogP contribution in [-0.4, -0.2) is 28.1 Å². The van der Waals surface area contributed by atoms with Crippen LogP contribution in [0.15, 0.2) is 66.0 Å². The molecular weight excluding hydrogens is 401 g/mol. The molecule has 1 amide bonds. The summed E-state index contributed by atoms with van der Waals surface area (Å²) in [5.41, 5.74) is 3.90. The minimum absolute atomic E-state index is 0.111. The van der Waals surface area contributed by atoms with Crippen LogP contribution < -0.4 is 4.74 Å². The summed E-state index contributed by atoms with van der Waals surface area (Å²) in [4.78, 5) is 16.2. The molecule has 5 rings (SSSR count). The molecule has 0 saturated carbocycles. The zero-order valence-corrected chi connectivity index (χ0v) is 16.9. The van der Waals surface area contributed by atoms with Crippen LogP contribution in [0.25, 0.3) is 11.3 Å². The van der Waals surface area contributed by atoms with E-state index in [4.69, 9.17) is 4.74 Å². The van der Waals surface area contributed by atoms with Gasteiger partial charge in [-0.05, 0) is 53.4 Å². The number of hydrogen-bond acceptors (Lipinski definition) is 4. The molecule has 1 unspecified atom stereocenters. The topological polar surface area (TPSA) is 58.2 Å². The van der Waals surface area contributed by atoms with Crippen LogP contribution in [0.4, 0.5) is 4.39 Å². The van der Waals surface area contributed by atoms with Gasteiger partial charge in [0.2, 0.25) is 0 Å². The van der Waals surface area contributed by atoms with Gasteiger partial charge in [0.1, 0.15) is 17.3 Å². The summed E-state index contributed by atoms with van der Waals surface area (Å²) in [6.07, 6.45) is 0. The summed E-state index contributed by atoms with van der Waals surface area (Å²) in [7, 11) is 1.63. The van der Waals surface area contributed by atoms with Crippen molar-refractivity contribution < 1.29 is 13.9 Å². The highest BCUT2D eigenvalue weighted by Crippen LogP contribution is 2.44. The Kier molecular flexibility index (Phi) is 4.59. The minimum atomic E-state index is -0.294. The molecule has 4 aromatic rings. The maximum absolute atomic E-state index is 13.3. The van der Waals surface area contributed by atoms with Crippen molar-refractivity contribution in [2.45, 2.75) is 12.6 Å². The first kappa shape index (κ1) is 18.6. The van der Waals surface area contributed by atoms with E-state index >= 15 is 0 Å². The van der Waals surface area contributed by atoms with E-state index in [0.717, 1.165) is 33.0 Å². The van der Waals surface area contributed by atoms with E-state index < -0.39 is 0 Å². The number of methoxy groups -OCH3 is 1. The fourth-order valence-corrected chi connectivity index (χ4v) is 4.70. The largest absolute Gasteiger partial charge is 0.497 e. The number of aromatic nitrogens is 2. The van der Waals surface area contributed by atoms with Gasteiger partial charge in [-0.15, -0.1) is 11.3 Å². The zero-order chi connectivity index (χ0) is 20.7. The number of fused-ring (bicyclic) bond motifs is 1. The Labute approximate surface area is 176 Å². The summed E-state index contributed by atoms with van der Waals surface area (Å²) < 4.78 is 18.6. The van der Waals surface area contributed by atoms with Crippen LogP contribution in [0.5, 0.6) is 5.75 Å². The van der Waals surface area contributed by atoms with Gasteiger partial charge in [-0.2, -0.15) is 5.10 Å². The molecule has 0 saturated heterocycles. The van der Waals surface area contributed by atoms with Crippen molar-refractivity contribution in [3.63, 3.8) is 0 Å². The number of nitrogens with zero attached hydrogens (tertiary/aromatic N) is 2. The molecule has 5 nitrogen and oxygen atoms in total. The van der Waals surface area contributed by atoms with Crippen molar-refractivity contribution in [1.29, 1.82) is 0 Å². The van der Waals surface area contributed by atoms with E-state index in [-0.39, 0.29) is 17.8 Å². The van der Waals surface area contributed by atoms with Gasteiger partial charge < -0.3 is 9.64 Å². The predicted octanol–water partition coefficient (Wildman–Crippen LogP) is 5.03. The van der Waals surface area contributed by atoms with E-state index in [9.17, 15) is 9.18 Å². The van der Waals surface area contributed by atoms with Crippen LogP contribution in [0.2, 0.25) is 0 Å². The van der Waals surface area contributed by atoms with Crippen molar-refractivity contribution in [1.82, 2.24) is 15.1 Å². The molecule has 0 spiro atoms. The maximum atomic E-state index is 13.3. The Bertz CT molecular complexity index is 1180. The number of thiophene rings is 1. The van der Waals surface area contributed by atoms with Crippen molar-refractivity contribution in [3.05, 3.63) is 93.6 Å². The monoisotopic (exact) mass is 419 g/mol. The average molecular weight is 419 g/mol. The van der Waals surface area contributed by atoms with Crippen LogP contribution in [0.1, 0.15) is 32.5 Å². The molecule has 150 valence electrons. The van der Waals surface area contributed by atoms with Gasteiger partial charge in [-0.3, -0.25) is 9.89 Å². The van der Waals surface area contributed by atoms with Crippen LogP contribution in [0.3, 0.4) is 0 Å². The fraction of sp³-hybridized carbons (Fsp3) is 0.130. The number of halogens is 1. The number of nitrogens with one attached hydrogen (secondary N) is 1. The minimum Gasteiger partial charge on any atom is -0.497 e. The smallest absolute Gasteiger partial charge is 0.273 e. The first-order chi connectivity index (χ1) is 14.7. The molecule has 0 radical (unpaired) electrons. The van der Waals surface area contributed by atoms with Gasteiger partial charge in [0.15, 0.2) is 0 Å². The molecule has 1 aliphatic heterocycles. The quantitative estimate of drug-likeness (QED) is 0.494. The first-order valence-electron chi connectivity index (χ1n) is 9.47. The van der Waals surface area contributed by atoms with Gasteiger partial charge in [-0.1, -0.05) is 18.2 Å². The van der Waals surface area contributed by atoms with Crippen molar-refractivity contribution >= 4 is 17.2 Å². The summed E-state index contributed by atoms with van der Waals surface area (Å²) in [5, 5.41) is 9.42. The molecule has 0 bridgehead atoms. The molecule has 3 heterocycles. The van der Waals surface area contributed by atoms with Crippen LogP contribution in [-0.2, 0) is 6.54 Å². The lowest BCUT2D eigenvalue weighted by Crippen LogP contribution is -2.28. The predicted molar refractivity (Wildman–Crippen MR) is 113 cm³/mol. The number of carbonyl (C=O) groups is 1. The first-order valence-corrected chi connectivity index (χ1v) is 10.3. The molecule has 2 aromatic carbocycles. The van der Waals surface area contributed by atoms with Gasteiger partial charge in [0, 0.05) is 22.5 Å². The summed E-state index contributed by atoms with van der Waals surface area (Å²) in [6, 6.07) is 17.6. The number of rotatable bonds is 5. The van der Waals surface area contributed by atoms with Crippen LogP contribution in [0, 0.1) is 5.82 Å². The Hall–Kier alpha value is -3.45. The highest BCUT2D eigenvalue weighted by molar-refractivity contribution is 7.10. The second-order valence-electron chi connectivity index (χ2n) is 7.07. The Morgan fingerprint density at radius 1 is 1.13 bits per heavy atom. The highest BCUT2D eigenvalue weighted by atomic mass is 32.1. The van der Waals surface area contributed by atoms with E-state index in [1.54, 1.807) is 30.6 Å². The second-order valence-corrected chi connectivity index (χ2v) is 8.05. The van der Waals surface area contributed by atoms with Gasteiger partial charge in [0.25, 0.3) is 5.91 Å². The Balaban J connectivity index is 1.59. The molecular formula is C23H18FN3O2S. The molecule has 1 N–H and O–H groups in total. The molecule has 0 aliphatic carbocycles. The molecule has 30 heavy (non-hydrogen) atoms. The standard InChI is InChI=1S/C23H18FN3O2S/c1-29-17-10-6-15(7-11-17)20-19-21(26-25-20)23(28)27(22(19)18-3-2-12-30-18)13-14-4-8-16(24)9-5-14/h2-12,22H,13H2,1H3,(H,25,26). The fourth-order valence-electron chi connectivity index (χ4n) is 3.86. The van der Waals surface area contributed by atoms with Gasteiger partial charge >= 0.3 is 0 Å². The number of hydrogen-bond donors (Lipinski definition) is 1. The second kappa shape index (κ2) is 7.42. The number of carbonyl (C=O) groups excluding carboxylic acids is 1. The SMILES string of the molecule is COc1ccc(-c2n[nH]c3c2C(c2cccs2)N(Cc2ccc(F)cc2)C3=O)cc1. The number of benzene rings is 2. The van der Waals surface area contributed by atoms with Crippen LogP contribution >= 0.6 is 11.3 Å². The maximum Gasteiger partial charge on any atom is 0.273 e. The van der Waals surface area contributed by atoms with Gasteiger partial charge in [-0.25, -0.2) is 4.39 Å². The summed E-state index contributed by atoms with van der Waals surface area (Å²) >= 11 is 1.60. The number of ether oxygens (including phenoxy) is 1. The third-order valence-electron chi connectivity index (χ3n) is 5.31. The average Bonchev–Trinajstić information content (AvgIpc) is 3.49. The number of amides is 1. The molecule has 7 heteroatoms. The zero-order valence-electron chi connectivity index (χ0n) is 16.1. The number of aromatic amines is 1. The third-order valence-corrected chi connectivity index (χ3v) is 6.23. The molecule has 1 atom stereocenters. The van der Waals surface area contributed by atoms with Crippen molar-refractivity contribution in [3.8, 4) is 17.0 Å². The Morgan fingerprint density at radius 2 is 1.90 bits per heavy atom. The number of H-pyrrole nitrogens is 1. The highest BCUT2D eigenvalue weighted by Gasteiger charge is 2.42. The molecule has 2 aromatic heterocycles. The van der Waals surface area contributed by atoms with E-state index in [0.29, 0.717) is 12.2 Å². The van der Waals surface area contributed by atoms with E-state index in [2.05, 4.69) is 10.2 Å². The molecule has 0 fully saturated rings. The third kappa shape index (κ3) is 3.07. The summed E-state index contributed by atoms with van der Waals surface area (Å²) in [6.45, 7) is 0.381. The lowest BCUT2D eigenvalue weighted by atomic mass is 10.0. The van der Waals surface area contributed by atoms with E-state index in [1.807, 2.05) is 46.7 Å². The van der Waals surface area contributed by atoms with Crippen molar-refractivity contribution in [2.75, 3.05) is 7.11 Å². The van der Waals surface area contributed by atoms with Crippen molar-refractivity contribution in [2.24, 2.45) is 0 Å². The lowest BCUT2D eigenvalue weighted by molar-refractivity contribution is 0.0732. The van der Waals surface area contributed by atoms with E-state index in [1.165, 1.54) is 12.1 Å². The summed E-state index contributed by atoms with van der Waals surface area (Å²) in [5.74, 6) is 0.354.